The minimum absolute atomic E-state index is 0.0587. The zero-order valence-corrected chi connectivity index (χ0v) is 16.3. The van der Waals surface area contributed by atoms with Gasteiger partial charge in [-0.25, -0.2) is 4.99 Å². The molecule has 0 aliphatic heterocycles. The van der Waals surface area contributed by atoms with Gasteiger partial charge in [0.15, 0.2) is 0 Å². The molecule has 0 N–H and O–H groups in total. The normalized spacial score (nSPS) is 13.2. The van der Waals surface area contributed by atoms with Gasteiger partial charge < -0.3 is 0 Å². The Balaban J connectivity index is 1.88. The van der Waals surface area contributed by atoms with E-state index in [0.29, 0.717) is 5.71 Å². The van der Waals surface area contributed by atoms with Gasteiger partial charge >= 0.3 is 5.69 Å². The maximum absolute atomic E-state index is 12.4. The molecule has 0 saturated carbocycles. The number of nitro groups is 2. The Morgan fingerprint density at radius 1 is 0.833 bits per heavy atom. The van der Waals surface area contributed by atoms with Crippen LogP contribution < -0.4 is 0 Å². The molecule has 2 aromatic carbocycles. The van der Waals surface area contributed by atoms with Crippen LogP contribution in [0.25, 0.3) is 0 Å². The molecule has 30 heavy (non-hydrogen) atoms. The fourth-order valence-electron chi connectivity index (χ4n) is 2.49. The van der Waals surface area contributed by atoms with Crippen molar-refractivity contribution in [1.29, 1.82) is 0 Å². The lowest BCUT2D eigenvalue weighted by Gasteiger charge is -2.04. The van der Waals surface area contributed by atoms with E-state index in [1.54, 1.807) is 12.1 Å². The quantitative estimate of drug-likeness (QED) is 0.403. The number of sulfonamides is 1. The molecule has 0 radical (unpaired) electrons. The van der Waals surface area contributed by atoms with Crippen LogP contribution in [0.1, 0.15) is 5.56 Å². The van der Waals surface area contributed by atoms with Gasteiger partial charge in [0.2, 0.25) is 0 Å². The third-order valence-electron chi connectivity index (χ3n) is 4.01. The summed E-state index contributed by atoms with van der Waals surface area (Å²) in [6.45, 7) is 1.84. The maximum atomic E-state index is 12.4. The summed E-state index contributed by atoms with van der Waals surface area (Å²) in [4.78, 5) is 24.7. The van der Waals surface area contributed by atoms with E-state index in [2.05, 4.69) is 9.39 Å². The molecule has 152 valence electrons. The highest BCUT2D eigenvalue weighted by Crippen LogP contribution is 2.31. The van der Waals surface area contributed by atoms with Crippen molar-refractivity contribution in [1.82, 2.24) is 0 Å². The Kier molecular flexibility index (Phi) is 5.65. The van der Waals surface area contributed by atoms with Crippen LogP contribution in [0.5, 0.6) is 0 Å². The third-order valence-corrected chi connectivity index (χ3v) is 5.33. The number of aliphatic imine (C=N–C) groups is 1. The lowest BCUT2D eigenvalue weighted by atomic mass is 10.1. The lowest BCUT2D eigenvalue weighted by Crippen LogP contribution is -2.05. The number of allylic oxidation sites excluding steroid dienone is 4. The first-order valence-electron chi connectivity index (χ1n) is 8.45. The molecule has 0 amide bonds. The standard InChI is InChI=1S/C19H14N4O6S/c1-13-2-9-17(10-3-13)30(28,29)21-15-6-4-14(5-7-15)20-18-11-8-16(22(24)25)12-19(18)23(26)27/h2-12H,1H3. The molecule has 0 bridgehead atoms. The Morgan fingerprint density at radius 3 is 2.00 bits per heavy atom. The van der Waals surface area contributed by atoms with Gasteiger partial charge in [-0.15, -0.1) is 0 Å². The minimum atomic E-state index is -3.89. The second-order valence-corrected chi connectivity index (χ2v) is 7.80. The molecule has 0 fully saturated rings. The highest BCUT2D eigenvalue weighted by atomic mass is 32.2. The van der Waals surface area contributed by atoms with Crippen LogP contribution in [0.4, 0.5) is 17.1 Å². The topological polar surface area (TPSA) is 145 Å². The summed E-state index contributed by atoms with van der Waals surface area (Å²) >= 11 is 0. The number of rotatable bonds is 5. The van der Waals surface area contributed by atoms with Gasteiger partial charge in [0, 0.05) is 6.07 Å². The summed E-state index contributed by atoms with van der Waals surface area (Å²) < 4.78 is 28.5. The number of hydrogen-bond acceptors (Lipinski definition) is 7. The predicted octanol–water partition coefficient (Wildman–Crippen LogP) is 3.84. The van der Waals surface area contributed by atoms with E-state index in [1.165, 1.54) is 42.5 Å². The summed E-state index contributed by atoms with van der Waals surface area (Å²) in [5, 5.41) is 22.0. The smallest absolute Gasteiger partial charge is 0.258 e. The van der Waals surface area contributed by atoms with Gasteiger partial charge in [-0.05, 0) is 49.4 Å². The number of hydrogen-bond donors (Lipinski definition) is 0. The highest BCUT2D eigenvalue weighted by Gasteiger charge is 2.19. The first-order chi connectivity index (χ1) is 14.2. The van der Waals surface area contributed by atoms with Crippen LogP contribution in [0.2, 0.25) is 0 Å². The minimum Gasteiger partial charge on any atom is -0.258 e. The Labute approximate surface area is 171 Å². The molecule has 1 aliphatic rings. The van der Waals surface area contributed by atoms with Gasteiger partial charge in [0.05, 0.1) is 32.2 Å². The average Bonchev–Trinajstić information content (AvgIpc) is 2.69. The van der Waals surface area contributed by atoms with Crippen molar-refractivity contribution in [2.75, 3.05) is 0 Å². The molecule has 1 aliphatic carbocycles. The Morgan fingerprint density at radius 2 is 1.43 bits per heavy atom. The number of benzene rings is 2. The van der Waals surface area contributed by atoms with Crippen molar-refractivity contribution in [2.45, 2.75) is 11.8 Å². The zero-order valence-electron chi connectivity index (χ0n) is 15.5. The molecule has 0 atom stereocenters. The molecule has 11 heteroatoms. The third kappa shape index (κ3) is 4.70. The summed E-state index contributed by atoms with van der Waals surface area (Å²) in [5.74, 6) is 0. The Bertz CT molecular complexity index is 1240. The van der Waals surface area contributed by atoms with Crippen LogP contribution in [-0.4, -0.2) is 29.7 Å². The van der Waals surface area contributed by atoms with Gasteiger partial charge in [0.1, 0.15) is 5.69 Å². The van der Waals surface area contributed by atoms with Crippen LogP contribution in [0, 0.1) is 27.2 Å². The van der Waals surface area contributed by atoms with E-state index in [1.807, 2.05) is 6.92 Å². The van der Waals surface area contributed by atoms with Crippen molar-refractivity contribution in [3.8, 4) is 0 Å². The van der Waals surface area contributed by atoms with Gasteiger partial charge in [0.25, 0.3) is 15.7 Å². The number of non-ortho nitro benzene ring substituents is 1. The number of aryl methyl sites for hydroxylation is 1. The molecular formula is C19H14N4O6S. The van der Waals surface area contributed by atoms with Crippen molar-refractivity contribution < 1.29 is 18.3 Å². The van der Waals surface area contributed by atoms with Crippen molar-refractivity contribution in [3.05, 3.63) is 92.6 Å². The van der Waals surface area contributed by atoms with E-state index in [-0.39, 0.29) is 16.3 Å². The van der Waals surface area contributed by atoms with Crippen LogP contribution in [0.3, 0.4) is 0 Å². The van der Waals surface area contributed by atoms with Gasteiger partial charge in [-0.2, -0.15) is 12.8 Å². The van der Waals surface area contributed by atoms with Crippen molar-refractivity contribution in [3.63, 3.8) is 0 Å². The summed E-state index contributed by atoms with van der Waals surface area (Å²) in [6, 6.07) is 9.39. The molecule has 0 aromatic heterocycles. The molecule has 0 saturated heterocycles. The molecule has 10 nitrogen and oxygen atoms in total. The predicted molar refractivity (Wildman–Crippen MR) is 111 cm³/mol. The fourth-order valence-corrected chi connectivity index (χ4v) is 3.48. The first-order valence-corrected chi connectivity index (χ1v) is 9.89. The van der Waals surface area contributed by atoms with Crippen molar-refractivity contribution >= 4 is 38.5 Å². The van der Waals surface area contributed by atoms with E-state index in [4.69, 9.17) is 0 Å². The number of nitro benzene ring substituents is 2. The zero-order chi connectivity index (χ0) is 21.9. The molecule has 0 spiro atoms. The SMILES string of the molecule is Cc1ccc(S(=O)(=O)N=C2C=CC(=Nc3ccc([N+](=O)[O-])cc3[N+](=O)[O-])C=C2)cc1. The first kappa shape index (κ1) is 20.7. The molecule has 0 heterocycles. The van der Waals surface area contributed by atoms with E-state index in [9.17, 15) is 28.6 Å². The maximum Gasteiger partial charge on any atom is 0.301 e. The van der Waals surface area contributed by atoms with E-state index in [0.717, 1.165) is 17.7 Å². The molecule has 3 rings (SSSR count). The summed E-state index contributed by atoms with van der Waals surface area (Å²) in [7, 11) is -3.89. The van der Waals surface area contributed by atoms with E-state index >= 15 is 0 Å². The molecular weight excluding hydrogens is 412 g/mol. The van der Waals surface area contributed by atoms with Gasteiger partial charge in [-0.3, -0.25) is 20.2 Å². The van der Waals surface area contributed by atoms with Crippen LogP contribution in [-0.2, 0) is 10.0 Å². The fraction of sp³-hybridized carbons (Fsp3) is 0.0526. The van der Waals surface area contributed by atoms with Gasteiger partial charge in [-0.1, -0.05) is 17.7 Å². The molecule has 0 unspecified atom stereocenters. The number of nitrogens with zero attached hydrogens (tertiary/aromatic N) is 4. The van der Waals surface area contributed by atoms with Crippen LogP contribution in [0.15, 0.2) is 81.1 Å². The average molecular weight is 426 g/mol. The summed E-state index contributed by atoms with van der Waals surface area (Å²) in [6.07, 6.45) is 5.69. The Hall–Kier alpha value is -3.99. The lowest BCUT2D eigenvalue weighted by molar-refractivity contribution is -0.393. The van der Waals surface area contributed by atoms with E-state index < -0.39 is 31.2 Å². The second-order valence-electron chi connectivity index (χ2n) is 6.19. The second kappa shape index (κ2) is 8.17. The monoisotopic (exact) mass is 426 g/mol. The summed E-state index contributed by atoms with van der Waals surface area (Å²) in [5.41, 5.74) is 0.366. The highest BCUT2D eigenvalue weighted by molar-refractivity contribution is 7.90. The molecule has 2 aromatic rings. The van der Waals surface area contributed by atoms with Crippen molar-refractivity contribution in [2.24, 2.45) is 9.39 Å². The largest absolute Gasteiger partial charge is 0.301 e. The van der Waals surface area contributed by atoms with Crippen LogP contribution >= 0.6 is 0 Å².